The van der Waals surface area contributed by atoms with Crippen molar-refractivity contribution in [1.29, 1.82) is 0 Å². The number of carbonyl (C=O) groups is 1. The van der Waals surface area contributed by atoms with Crippen molar-refractivity contribution < 1.29 is 9.53 Å². The quantitative estimate of drug-likeness (QED) is 0.866. The normalized spacial score (nSPS) is 22.9. The minimum Gasteiger partial charge on any atom is -0.496 e. The molecule has 0 bridgehead atoms. The number of benzene rings is 1. The summed E-state index contributed by atoms with van der Waals surface area (Å²) >= 11 is 11.9. The van der Waals surface area contributed by atoms with Gasteiger partial charge in [-0.15, -0.1) is 11.6 Å². The van der Waals surface area contributed by atoms with Gasteiger partial charge >= 0.3 is 0 Å². The van der Waals surface area contributed by atoms with E-state index in [0.717, 1.165) is 25.7 Å². The van der Waals surface area contributed by atoms with Crippen LogP contribution in [0.25, 0.3) is 0 Å². The first-order valence-electron chi connectivity index (χ1n) is 6.38. The van der Waals surface area contributed by atoms with Crippen LogP contribution in [-0.4, -0.2) is 24.4 Å². The van der Waals surface area contributed by atoms with Gasteiger partial charge in [-0.3, -0.25) is 4.79 Å². The minimum absolute atomic E-state index is 0.119. The zero-order chi connectivity index (χ0) is 13.8. The third-order valence-electron chi connectivity index (χ3n) is 3.40. The van der Waals surface area contributed by atoms with Crippen LogP contribution in [0.2, 0.25) is 5.02 Å². The Balaban J connectivity index is 2.03. The molecule has 1 fully saturated rings. The van der Waals surface area contributed by atoms with Crippen LogP contribution in [0, 0.1) is 0 Å². The Kier molecular flexibility index (Phi) is 4.94. The van der Waals surface area contributed by atoms with E-state index in [-0.39, 0.29) is 17.3 Å². The van der Waals surface area contributed by atoms with Crippen LogP contribution >= 0.6 is 23.2 Å². The molecule has 1 saturated carbocycles. The van der Waals surface area contributed by atoms with Gasteiger partial charge in [0.1, 0.15) is 5.75 Å². The first-order chi connectivity index (χ1) is 9.10. The van der Waals surface area contributed by atoms with Gasteiger partial charge in [-0.25, -0.2) is 0 Å². The van der Waals surface area contributed by atoms with E-state index >= 15 is 0 Å². The smallest absolute Gasteiger partial charge is 0.255 e. The number of halogens is 2. The molecule has 1 aliphatic carbocycles. The molecule has 104 valence electrons. The van der Waals surface area contributed by atoms with Crippen molar-refractivity contribution in [3.05, 3.63) is 28.8 Å². The van der Waals surface area contributed by atoms with Gasteiger partial charge in [-0.05, 0) is 43.9 Å². The van der Waals surface area contributed by atoms with Crippen molar-refractivity contribution in [1.82, 2.24) is 5.32 Å². The van der Waals surface area contributed by atoms with E-state index in [1.807, 2.05) is 0 Å². The van der Waals surface area contributed by atoms with Crippen LogP contribution in [0.3, 0.4) is 0 Å². The number of alkyl halides is 1. The van der Waals surface area contributed by atoms with E-state index in [4.69, 9.17) is 27.9 Å². The van der Waals surface area contributed by atoms with E-state index in [9.17, 15) is 4.79 Å². The molecule has 1 aliphatic rings. The van der Waals surface area contributed by atoms with E-state index in [1.54, 1.807) is 18.2 Å². The SMILES string of the molecule is COc1cc(Cl)ccc1C(=O)NC1CCC(Cl)CC1. The van der Waals surface area contributed by atoms with Gasteiger partial charge in [-0.1, -0.05) is 11.6 Å². The van der Waals surface area contributed by atoms with Crippen molar-refractivity contribution >= 4 is 29.1 Å². The van der Waals surface area contributed by atoms with Crippen LogP contribution in [0.15, 0.2) is 18.2 Å². The maximum absolute atomic E-state index is 12.2. The monoisotopic (exact) mass is 301 g/mol. The molecule has 0 atom stereocenters. The van der Waals surface area contributed by atoms with Crippen molar-refractivity contribution in [2.75, 3.05) is 7.11 Å². The molecule has 0 unspecified atom stereocenters. The third-order valence-corrected chi connectivity index (χ3v) is 4.07. The van der Waals surface area contributed by atoms with Crippen LogP contribution in [0.1, 0.15) is 36.0 Å². The Bertz CT molecular complexity index is 457. The zero-order valence-electron chi connectivity index (χ0n) is 10.8. The molecule has 2 rings (SSSR count). The predicted octanol–water partition coefficient (Wildman–Crippen LogP) is 3.63. The summed E-state index contributed by atoms with van der Waals surface area (Å²) in [5.41, 5.74) is 0.514. The Morgan fingerprint density at radius 3 is 2.63 bits per heavy atom. The highest BCUT2D eigenvalue weighted by Gasteiger charge is 2.22. The predicted molar refractivity (Wildman–Crippen MR) is 77.4 cm³/mol. The molecule has 0 heterocycles. The Hall–Kier alpha value is -0.930. The summed E-state index contributed by atoms with van der Waals surface area (Å²) in [5, 5.41) is 3.83. The molecule has 1 N–H and O–H groups in total. The molecule has 3 nitrogen and oxygen atoms in total. The van der Waals surface area contributed by atoms with E-state index in [0.29, 0.717) is 16.3 Å². The van der Waals surface area contributed by atoms with Crippen LogP contribution < -0.4 is 10.1 Å². The van der Waals surface area contributed by atoms with Crippen LogP contribution in [-0.2, 0) is 0 Å². The molecular formula is C14H17Cl2NO2. The van der Waals surface area contributed by atoms with Gasteiger partial charge in [0.2, 0.25) is 0 Å². The number of hydrogen-bond acceptors (Lipinski definition) is 2. The fraction of sp³-hybridized carbons (Fsp3) is 0.500. The summed E-state index contributed by atoms with van der Waals surface area (Å²) in [5.74, 6) is 0.377. The summed E-state index contributed by atoms with van der Waals surface area (Å²) in [6, 6.07) is 5.22. The lowest BCUT2D eigenvalue weighted by Gasteiger charge is -2.26. The molecule has 1 amide bonds. The van der Waals surface area contributed by atoms with Crippen molar-refractivity contribution in [2.45, 2.75) is 37.1 Å². The topological polar surface area (TPSA) is 38.3 Å². The molecule has 1 aromatic rings. The summed E-state index contributed by atoms with van der Waals surface area (Å²) in [4.78, 5) is 12.2. The summed E-state index contributed by atoms with van der Waals surface area (Å²) in [7, 11) is 1.53. The van der Waals surface area contributed by atoms with Gasteiger partial charge in [0.25, 0.3) is 5.91 Å². The minimum atomic E-state index is -0.119. The lowest BCUT2D eigenvalue weighted by atomic mass is 9.95. The number of nitrogens with one attached hydrogen (secondary N) is 1. The highest BCUT2D eigenvalue weighted by molar-refractivity contribution is 6.30. The summed E-state index contributed by atoms with van der Waals surface area (Å²) < 4.78 is 5.19. The average Bonchev–Trinajstić information content (AvgIpc) is 2.41. The lowest BCUT2D eigenvalue weighted by molar-refractivity contribution is 0.0925. The molecule has 19 heavy (non-hydrogen) atoms. The van der Waals surface area contributed by atoms with Gasteiger partial charge < -0.3 is 10.1 Å². The van der Waals surface area contributed by atoms with Crippen molar-refractivity contribution in [3.63, 3.8) is 0 Å². The molecule has 0 aliphatic heterocycles. The van der Waals surface area contributed by atoms with Gasteiger partial charge in [0.15, 0.2) is 0 Å². The zero-order valence-corrected chi connectivity index (χ0v) is 12.3. The average molecular weight is 302 g/mol. The van der Waals surface area contributed by atoms with Gasteiger partial charge in [0.05, 0.1) is 12.7 Å². The second kappa shape index (κ2) is 6.49. The van der Waals surface area contributed by atoms with Gasteiger partial charge in [0, 0.05) is 16.4 Å². The fourth-order valence-electron chi connectivity index (χ4n) is 2.31. The maximum atomic E-state index is 12.2. The standard InChI is InChI=1S/C14H17Cl2NO2/c1-19-13-8-10(16)4-7-12(13)14(18)17-11-5-2-9(15)3-6-11/h4,7-9,11H,2-3,5-6H2,1H3,(H,17,18). The number of ether oxygens (including phenoxy) is 1. The van der Waals surface area contributed by atoms with Crippen LogP contribution in [0.5, 0.6) is 5.75 Å². The highest BCUT2D eigenvalue weighted by atomic mass is 35.5. The van der Waals surface area contributed by atoms with Crippen LogP contribution in [0.4, 0.5) is 0 Å². The Labute approximate surface area is 123 Å². The molecule has 0 aromatic heterocycles. The summed E-state index contributed by atoms with van der Waals surface area (Å²) in [6.45, 7) is 0. The van der Waals surface area contributed by atoms with E-state index in [2.05, 4.69) is 5.32 Å². The fourth-order valence-corrected chi connectivity index (χ4v) is 2.73. The Morgan fingerprint density at radius 2 is 2.00 bits per heavy atom. The third kappa shape index (κ3) is 3.77. The number of methoxy groups -OCH3 is 1. The van der Waals surface area contributed by atoms with E-state index in [1.165, 1.54) is 7.11 Å². The van der Waals surface area contributed by atoms with Crippen molar-refractivity contribution in [3.8, 4) is 5.75 Å². The van der Waals surface area contributed by atoms with Gasteiger partial charge in [-0.2, -0.15) is 0 Å². The molecule has 1 aromatic carbocycles. The maximum Gasteiger partial charge on any atom is 0.255 e. The number of amides is 1. The molecule has 0 spiro atoms. The number of hydrogen-bond donors (Lipinski definition) is 1. The second-order valence-corrected chi connectivity index (χ2v) is 5.82. The molecular weight excluding hydrogens is 285 g/mol. The number of carbonyl (C=O) groups excluding carboxylic acids is 1. The first-order valence-corrected chi connectivity index (χ1v) is 7.20. The Morgan fingerprint density at radius 1 is 1.32 bits per heavy atom. The summed E-state index contributed by atoms with van der Waals surface area (Å²) in [6.07, 6.45) is 3.75. The second-order valence-electron chi connectivity index (χ2n) is 4.77. The molecule has 0 radical (unpaired) electrons. The number of rotatable bonds is 3. The molecule has 5 heteroatoms. The first kappa shape index (κ1) is 14.5. The highest BCUT2D eigenvalue weighted by Crippen LogP contribution is 2.25. The van der Waals surface area contributed by atoms with E-state index < -0.39 is 0 Å². The largest absolute Gasteiger partial charge is 0.496 e. The van der Waals surface area contributed by atoms with Crippen molar-refractivity contribution in [2.24, 2.45) is 0 Å². The lowest BCUT2D eigenvalue weighted by Crippen LogP contribution is -2.37. The molecule has 0 saturated heterocycles.